The molecule has 5 nitrogen and oxygen atoms in total. The van der Waals surface area contributed by atoms with Gasteiger partial charge in [0.25, 0.3) is 0 Å². The molecule has 2 aromatic rings. The van der Waals surface area contributed by atoms with Crippen molar-refractivity contribution in [3.63, 3.8) is 0 Å². The molecule has 0 aliphatic carbocycles. The molecule has 27 heavy (non-hydrogen) atoms. The molecule has 0 spiro atoms. The van der Waals surface area contributed by atoms with Crippen LogP contribution in [0, 0.1) is 0 Å². The highest BCUT2D eigenvalue weighted by molar-refractivity contribution is 6.16. The van der Waals surface area contributed by atoms with Gasteiger partial charge in [-0.3, -0.25) is 4.99 Å². The fraction of sp³-hybridized carbons (Fsp3) is 0.364. The quantitative estimate of drug-likeness (QED) is 0.734. The van der Waals surface area contributed by atoms with E-state index in [1.807, 2.05) is 24.3 Å². The molecule has 1 aliphatic rings. The Bertz CT molecular complexity index is 841. The van der Waals surface area contributed by atoms with E-state index in [1.54, 1.807) is 6.07 Å². The van der Waals surface area contributed by atoms with Crippen molar-refractivity contribution in [1.29, 1.82) is 0 Å². The normalized spacial score (nSPS) is 14.3. The molecule has 0 unspecified atom stereocenters. The zero-order valence-corrected chi connectivity index (χ0v) is 16.2. The van der Waals surface area contributed by atoms with Crippen LogP contribution in [0.15, 0.2) is 47.5 Å². The summed E-state index contributed by atoms with van der Waals surface area (Å²) in [6.45, 7) is 8.38. The van der Waals surface area contributed by atoms with Gasteiger partial charge in [-0.1, -0.05) is 38.1 Å². The standard InChI is InChI=1S/C22H26N2O3/c1-4-24(5-2)13-12-23-21-18-9-7-6-8-17(18)15-27-20-11-10-16(14-19(20)21)22(25)26-3/h6-11,14H,4-5,12-13,15H2,1-3H3/b23-21-. The third-order valence-electron chi connectivity index (χ3n) is 4.89. The summed E-state index contributed by atoms with van der Waals surface area (Å²) in [5, 5.41) is 0. The Labute approximate surface area is 160 Å². The van der Waals surface area contributed by atoms with E-state index in [-0.39, 0.29) is 5.97 Å². The molecule has 2 aromatic carbocycles. The van der Waals surface area contributed by atoms with Gasteiger partial charge in [0, 0.05) is 17.7 Å². The SMILES string of the molecule is CCN(CC)CC/N=C1/c2ccccc2COc2ccc(C(=O)OC)cc21. The largest absolute Gasteiger partial charge is 0.488 e. The van der Waals surface area contributed by atoms with Crippen LogP contribution < -0.4 is 4.74 Å². The summed E-state index contributed by atoms with van der Waals surface area (Å²) >= 11 is 0. The summed E-state index contributed by atoms with van der Waals surface area (Å²) in [6.07, 6.45) is 0. The molecule has 142 valence electrons. The van der Waals surface area contributed by atoms with Gasteiger partial charge in [0.2, 0.25) is 0 Å². The maximum absolute atomic E-state index is 12.0. The van der Waals surface area contributed by atoms with E-state index in [1.165, 1.54) is 7.11 Å². The van der Waals surface area contributed by atoms with Crippen molar-refractivity contribution in [2.24, 2.45) is 4.99 Å². The zero-order valence-electron chi connectivity index (χ0n) is 16.2. The predicted molar refractivity (Wildman–Crippen MR) is 107 cm³/mol. The molecule has 0 fully saturated rings. The van der Waals surface area contributed by atoms with Crippen molar-refractivity contribution in [2.75, 3.05) is 33.3 Å². The predicted octanol–water partition coefficient (Wildman–Crippen LogP) is 3.54. The summed E-state index contributed by atoms with van der Waals surface area (Å²) in [7, 11) is 1.39. The molecule has 0 amide bonds. The Morgan fingerprint density at radius 3 is 2.67 bits per heavy atom. The topological polar surface area (TPSA) is 51.1 Å². The highest BCUT2D eigenvalue weighted by Gasteiger charge is 2.22. The second kappa shape index (κ2) is 8.82. The van der Waals surface area contributed by atoms with Gasteiger partial charge in [-0.05, 0) is 36.9 Å². The second-order valence-electron chi connectivity index (χ2n) is 6.41. The Kier molecular flexibility index (Phi) is 6.24. The van der Waals surface area contributed by atoms with Crippen LogP contribution in [0.1, 0.15) is 40.9 Å². The van der Waals surface area contributed by atoms with Crippen LogP contribution in [0.25, 0.3) is 0 Å². The first-order chi connectivity index (χ1) is 13.2. The Hall–Kier alpha value is -2.66. The summed E-state index contributed by atoms with van der Waals surface area (Å²) in [4.78, 5) is 19.3. The molecule has 0 atom stereocenters. The smallest absolute Gasteiger partial charge is 0.337 e. The van der Waals surface area contributed by atoms with Gasteiger partial charge in [0.15, 0.2) is 0 Å². The fourth-order valence-electron chi connectivity index (χ4n) is 3.28. The van der Waals surface area contributed by atoms with E-state index in [0.717, 1.165) is 47.8 Å². The lowest BCUT2D eigenvalue weighted by Crippen LogP contribution is -2.26. The van der Waals surface area contributed by atoms with Crippen LogP contribution in [0.5, 0.6) is 5.75 Å². The van der Waals surface area contributed by atoms with E-state index in [4.69, 9.17) is 14.5 Å². The van der Waals surface area contributed by atoms with Crippen LogP contribution >= 0.6 is 0 Å². The summed E-state index contributed by atoms with van der Waals surface area (Å²) < 4.78 is 10.9. The first-order valence-electron chi connectivity index (χ1n) is 9.38. The lowest BCUT2D eigenvalue weighted by Gasteiger charge is -2.17. The molecule has 1 aliphatic heterocycles. The van der Waals surface area contributed by atoms with Crippen LogP contribution in [-0.4, -0.2) is 49.9 Å². The lowest BCUT2D eigenvalue weighted by atomic mass is 9.97. The van der Waals surface area contributed by atoms with E-state index in [2.05, 4.69) is 30.9 Å². The van der Waals surface area contributed by atoms with Crippen LogP contribution in [-0.2, 0) is 11.3 Å². The number of fused-ring (bicyclic) bond motifs is 2. The van der Waals surface area contributed by atoms with Crippen molar-refractivity contribution in [2.45, 2.75) is 20.5 Å². The zero-order chi connectivity index (χ0) is 19.2. The van der Waals surface area contributed by atoms with Crippen LogP contribution in [0.4, 0.5) is 0 Å². The average molecular weight is 366 g/mol. The van der Waals surface area contributed by atoms with Gasteiger partial charge < -0.3 is 14.4 Å². The molecule has 1 heterocycles. The summed E-state index contributed by atoms with van der Waals surface area (Å²) in [5.41, 5.74) is 4.35. The molecule has 0 radical (unpaired) electrons. The number of hydrogen-bond acceptors (Lipinski definition) is 5. The minimum Gasteiger partial charge on any atom is -0.488 e. The molecule has 3 rings (SSSR count). The molecular weight excluding hydrogens is 340 g/mol. The van der Waals surface area contributed by atoms with Gasteiger partial charge in [-0.25, -0.2) is 4.79 Å². The van der Waals surface area contributed by atoms with E-state index in [0.29, 0.717) is 18.7 Å². The Balaban J connectivity index is 2.04. The molecular formula is C22H26N2O3. The van der Waals surface area contributed by atoms with Gasteiger partial charge in [0.1, 0.15) is 12.4 Å². The molecule has 0 saturated heterocycles. The minimum atomic E-state index is -0.363. The lowest BCUT2D eigenvalue weighted by molar-refractivity contribution is 0.0600. The number of hydrogen-bond donors (Lipinski definition) is 0. The third kappa shape index (κ3) is 4.19. The number of likely N-dealkylation sites (N-methyl/N-ethyl adjacent to an activating group) is 1. The number of nitrogens with zero attached hydrogens (tertiary/aromatic N) is 2. The monoisotopic (exact) mass is 366 g/mol. The molecule has 0 bridgehead atoms. The average Bonchev–Trinajstić information content (AvgIpc) is 2.87. The number of rotatable bonds is 6. The number of benzene rings is 2. The minimum absolute atomic E-state index is 0.363. The van der Waals surface area contributed by atoms with Crippen molar-refractivity contribution < 1.29 is 14.3 Å². The number of carbonyl (C=O) groups excluding carboxylic acids is 1. The first-order valence-corrected chi connectivity index (χ1v) is 9.38. The van der Waals surface area contributed by atoms with E-state index < -0.39 is 0 Å². The summed E-state index contributed by atoms with van der Waals surface area (Å²) in [6, 6.07) is 13.5. The van der Waals surface area contributed by atoms with Crippen LogP contribution in [0.3, 0.4) is 0 Å². The Morgan fingerprint density at radius 1 is 1.15 bits per heavy atom. The number of esters is 1. The maximum Gasteiger partial charge on any atom is 0.337 e. The molecule has 5 heteroatoms. The van der Waals surface area contributed by atoms with E-state index in [9.17, 15) is 4.79 Å². The van der Waals surface area contributed by atoms with Gasteiger partial charge in [-0.15, -0.1) is 0 Å². The fourth-order valence-corrected chi connectivity index (χ4v) is 3.28. The van der Waals surface area contributed by atoms with Gasteiger partial charge >= 0.3 is 5.97 Å². The van der Waals surface area contributed by atoms with Crippen molar-refractivity contribution in [1.82, 2.24) is 4.90 Å². The summed E-state index contributed by atoms with van der Waals surface area (Å²) in [5.74, 6) is 0.373. The van der Waals surface area contributed by atoms with Crippen LogP contribution in [0.2, 0.25) is 0 Å². The Morgan fingerprint density at radius 2 is 1.93 bits per heavy atom. The number of carbonyl (C=O) groups is 1. The van der Waals surface area contributed by atoms with Crippen molar-refractivity contribution in [3.8, 4) is 5.75 Å². The number of ether oxygens (including phenoxy) is 2. The molecule has 0 saturated carbocycles. The number of aliphatic imine (C=N–C) groups is 1. The van der Waals surface area contributed by atoms with Crippen molar-refractivity contribution >= 4 is 11.7 Å². The van der Waals surface area contributed by atoms with Gasteiger partial charge in [0.05, 0.1) is 24.9 Å². The first kappa shape index (κ1) is 19.1. The maximum atomic E-state index is 12.0. The highest BCUT2D eigenvalue weighted by atomic mass is 16.5. The highest BCUT2D eigenvalue weighted by Crippen LogP contribution is 2.30. The van der Waals surface area contributed by atoms with E-state index >= 15 is 0 Å². The van der Waals surface area contributed by atoms with Gasteiger partial charge in [-0.2, -0.15) is 0 Å². The van der Waals surface area contributed by atoms with Crippen molar-refractivity contribution in [3.05, 3.63) is 64.7 Å². The second-order valence-corrected chi connectivity index (χ2v) is 6.41. The third-order valence-corrected chi connectivity index (χ3v) is 4.89. The number of methoxy groups -OCH3 is 1. The molecule has 0 N–H and O–H groups in total. The molecule has 0 aromatic heterocycles.